The maximum absolute atomic E-state index is 12.2. The number of para-hydroxylation sites is 1. The standard InChI is InChI=1S/C22H25N5O2/c28-20(22-25-24-21(29-22)18-8-3-1-4-9-18)23-12-7-13-26-14-16-27(17-15-26)19-10-5-2-6-11-19/h1-6,8-11H,7,12-17H2,(H,23,28). The van der Waals surface area contributed by atoms with Crippen molar-refractivity contribution in [1.29, 1.82) is 0 Å². The van der Waals surface area contributed by atoms with E-state index in [4.69, 9.17) is 4.42 Å². The molecule has 0 unspecified atom stereocenters. The molecule has 0 saturated carbocycles. The summed E-state index contributed by atoms with van der Waals surface area (Å²) in [6, 6.07) is 19.9. The molecule has 2 aromatic carbocycles. The van der Waals surface area contributed by atoms with E-state index in [9.17, 15) is 4.79 Å². The summed E-state index contributed by atoms with van der Waals surface area (Å²) >= 11 is 0. The molecule has 0 atom stereocenters. The van der Waals surface area contributed by atoms with Crippen molar-refractivity contribution in [3.05, 3.63) is 66.6 Å². The fourth-order valence-corrected chi connectivity index (χ4v) is 3.46. The fourth-order valence-electron chi connectivity index (χ4n) is 3.46. The van der Waals surface area contributed by atoms with Crippen molar-refractivity contribution in [3.8, 4) is 11.5 Å². The maximum Gasteiger partial charge on any atom is 0.308 e. The Balaban J connectivity index is 1.17. The Morgan fingerprint density at radius 1 is 0.931 bits per heavy atom. The van der Waals surface area contributed by atoms with Gasteiger partial charge in [-0.25, -0.2) is 0 Å². The SMILES string of the molecule is O=C(NCCCN1CCN(c2ccccc2)CC1)c1nnc(-c2ccccc2)o1. The van der Waals surface area contributed by atoms with Gasteiger partial charge in [0.2, 0.25) is 5.89 Å². The number of piperazine rings is 1. The minimum absolute atomic E-state index is 0.000304. The van der Waals surface area contributed by atoms with Gasteiger partial charge in [-0.1, -0.05) is 36.4 Å². The zero-order chi connectivity index (χ0) is 19.9. The van der Waals surface area contributed by atoms with E-state index in [2.05, 4.69) is 49.6 Å². The largest absolute Gasteiger partial charge is 0.412 e. The number of aromatic nitrogens is 2. The van der Waals surface area contributed by atoms with Gasteiger partial charge in [0.1, 0.15) is 0 Å². The third kappa shape index (κ3) is 5.00. The minimum Gasteiger partial charge on any atom is -0.412 e. The second-order valence-corrected chi connectivity index (χ2v) is 7.05. The monoisotopic (exact) mass is 391 g/mol. The molecule has 7 heteroatoms. The summed E-state index contributed by atoms with van der Waals surface area (Å²) < 4.78 is 5.48. The molecule has 0 aliphatic carbocycles. The van der Waals surface area contributed by atoms with Crippen molar-refractivity contribution in [3.63, 3.8) is 0 Å². The summed E-state index contributed by atoms with van der Waals surface area (Å²) in [5.41, 5.74) is 2.09. The van der Waals surface area contributed by atoms with E-state index in [1.165, 1.54) is 5.69 Å². The normalized spacial score (nSPS) is 14.7. The van der Waals surface area contributed by atoms with E-state index in [-0.39, 0.29) is 11.8 Å². The topological polar surface area (TPSA) is 74.5 Å². The smallest absolute Gasteiger partial charge is 0.308 e. The minimum atomic E-state index is -0.325. The zero-order valence-electron chi connectivity index (χ0n) is 16.3. The predicted octanol–water partition coefficient (Wildman–Crippen LogP) is 2.68. The molecule has 0 spiro atoms. The Labute approximate surface area is 170 Å². The molecule has 29 heavy (non-hydrogen) atoms. The first-order valence-electron chi connectivity index (χ1n) is 9.99. The summed E-state index contributed by atoms with van der Waals surface area (Å²) in [5, 5.41) is 10.7. The summed E-state index contributed by atoms with van der Waals surface area (Å²) in [5.74, 6) is 0.0287. The van der Waals surface area contributed by atoms with E-state index in [1.54, 1.807) is 0 Å². The molecule has 4 rings (SSSR count). The summed E-state index contributed by atoms with van der Waals surface area (Å²) in [7, 11) is 0. The van der Waals surface area contributed by atoms with Gasteiger partial charge < -0.3 is 14.6 Å². The summed E-state index contributed by atoms with van der Waals surface area (Å²) in [4.78, 5) is 17.1. The van der Waals surface area contributed by atoms with Crippen LogP contribution in [0.1, 0.15) is 17.1 Å². The van der Waals surface area contributed by atoms with Gasteiger partial charge in [0.05, 0.1) is 0 Å². The fraction of sp³-hybridized carbons (Fsp3) is 0.318. The van der Waals surface area contributed by atoms with Gasteiger partial charge in [-0.3, -0.25) is 9.69 Å². The number of carbonyl (C=O) groups excluding carboxylic acids is 1. The van der Waals surface area contributed by atoms with Gasteiger partial charge in [-0.2, -0.15) is 0 Å². The lowest BCUT2D eigenvalue weighted by molar-refractivity contribution is 0.0917. The number of benzene rings is 2. The quantitative estimate of drug-likeness (QED) is 0.624. The van der Waals surface area contributed by atoms with Crippen LogP contribution >= 0.6 is 0 Å². The van der Waals surface area contributed by atoms with Gasteiger partial charge in [-0.05, 0) is 37.2 Å². The van der Waals surface area contributed by atoms with Gasteiger partial charge in [0.15, 0.2) is 0 Å². The number of hydrogen-bond donors (Lipinski definition) is 1. The first-order valence-corrected chi connectivity index (χ1v) is 9.99. The first kappa shape index (κ1) is 19.1. The molecule has 3 aromatic rings. The van der Waals surface area contributed by atoms with Crippen LogP contribution in [0.5, 0.6) is 0 Å². The molecule has 0 radical (unpaired) electrons. The van der Waals surface area contributed by atoms with E-state index >= 15 is 0 Å². The Bertz CT molecular complexity index is 905. The maximum atomic E-state index is 12.2. The molecule has 1 aliphatic heterocycles. The van der Waals surface area contributed by atoms with Crippen molar-refractivity contribution in [2.75, 3.05) is 44.2 Å². The Morgan fingerprint density at radius 2 is 1.62 bits per heavy atom. The molecule has 7 nitrogen and oxygen atoms in total. The number of nitrogens with zero attached hydrogens (tertiary/aromatic N) is 4. The third-order valence-corrected chi connectivity index (χ3v) is 5.07. The first-order chi connectivity index (χ1) is 14.3. The molecule has 1 N–H and O–H groups in total. The highest BCUT2D eigenvalue weighted by Gasteiger charge is 2.18. The van der Waals surface area contributed by atoms with Crippen molar-refractivity contribution >= 4 is 11.6 Å². The number of nitrogens with one attached hydrogen (secondary N) is 1. The highest BCUT2D eigenvalue weighted by Crippen LogP contribution is 2.17. The highest BCUT2D eigenvalue weighted by atomic mass is 16.4. The number of rotatable bonds is 7. The molecule has 1 aliphatic rings. The van der Waals surface area contributed by atoms with Crippen LogP contribution in [-0.4, -0.2) is 60.3 Å². The van der Waals surface area contributed by atoms with Gasteiger partial charge in [0, 0.05) is 44.0 Å². The predicted molar refractivity (Wildman–Crippen MR) is 112 cm³/mol. The summed E-state index contributed by atoms with van der Waals surface area (Å²) in [6.07, 6.45) is 0.886. The molecule has 2 heterocycles. The number of anilines is 1. The lowest BCUT2D eigenvalue weighted by atomic mass is 10.2. The Hall–Kier alpha value is -3.19. The van der Waals surface area contributed by atoms with E-state index in [1.807, 2.05) is 36.4 Å². The second kappa shape index (κ2) is 9.34. The third-order valence-electron chi connectivity index (χ3n) is 5.07. The van der Waals surface area contributed by atoms with Gasteiger partial charge in [-0.15, -0.1) is 10.2 Å². The van der Waals surface area contributed by atoms with Crippen LogP contribution in [0.25, 0.3) is 11.5 Å². The van der Waals surface area contributed by atoms with Crippen molar-refractivity contribution in [2.45, 2.75) is 6.42 Å². The van der Waals surface area contributed by atoms with Crippen LogP contribution in [0.3, 0.4) is 0 Å². The number of carbonyl (C=O) groups is 1. The number of hydrogen-bond acceptors (Lipinski definition) is 6. The number of amides is 1. The van der Waals surface area contributed by atoms with Crippen LogP contribution in [0, 0.1) is 0 Å². The molecular formula is C22H25N5O2. The van der Waals surface area contributed by atoms with Gasteiger partial charge >= 0.3 is 11.8 Å². The van der Waals surface area contributed by atoms with Crippen LogP contribution in [0.15, 0.2) is 65.1 Å². The molecule has 1 amide bonds. The van der Waals surface area contributed by atoms with Gasteiger partial charge in [0.25, 0.3) is 0 Å². The van der Waals surface area contributed by atoms with Crippen LogP contribution in [-0.2, 0) is 0 Å². The molecule has 1 fully saturated rings. The van der Waals surface area contributed by atoms with Crippen molar-refractivity contribution in [2.24, 2.45) is 0 Å². The molecule has 0 bridgehead atoms. The lowest BCUT2D eigenvalue weighted by Gasteiger charge is -2.36. The second-order valence-electron chi connectivity index (χ2n) is 7.05. The van der Waals surface area contributed by atoms with Crippen molar-refractivity contribution in [1.82, 2.24) is 20.4 Å². The Kier molecular flexibility index (Phi) is 6.16. The Morgan fingerprint density at radius 3 is 2.34 bits per heavy atom. The van der Waals surface area contributed by atoms with Crippen molar-refractivity contribution < 1.29 is 9.21 Å². The van der Waals surface area contributed by atoms with E-state index in [0.29, 0.717) is 12.4 Å². The van der Waals surface area contributed by atoms with Crippen LogP contribution in [0.4, 0.5) is 5.69 Å². The molecular weight excluding hydrogens is 366 g/mol. The van der Waals surface area contributed by atoms with Crippen LogP contribution < -0.4 is 10.2 Å². The van der Waals surface area contributed by atoms with Crippen LogP contribution in [0.2, 0.25) is 0 Å². The molecule has 150 valence electrons. The molecule has 1 saturated heterocycles. The average molecular weight is 391 g/mol. The highest BCUT2D eigenvalue weighted by molar-refractivity contribution is 5.89. The summed E-state index contributed by atoms with van der Waals surface area (Å²) in [6.45, 7) is 5.67. The van der Waals surface area contributed by atoms with E-state index < -0.39 is 0 Å². The molecule has 1 aromatic heterocycles. The average Bonchev–Trinajstić information content (AvgIpc) is 3.29. The lowest BCUT2D eigenvalue weighted by Crippen LogP contribution is -2.47. The zero-order valence-corrected chi connectivity index (χ0v) is 16.3. The van der Waals surface area contributed by atoms with E-state index in [0.717, 1.165) is 44.7 Å².